The summed E-state index contributed by atoms with van der Waals surface area (Å²) in [6.45, 7) is 3.55. The van der Waals surface area contributed by atoms with Crippen LogP contribution >= 0.6 is 0 Å². The second-order valence-electron chi connectivity index (χ2n) is 4.00. The molecule has 4 nitrogen and oxygen atoms in total. The lowest BCUT2D eigenvalue weighted by molar-refractivity contribution is 0.0477. The summed E-state index contributed by atoms with van der Waals surface area (Å²) < 4.78 is 5.24. The Hall–Kier alpha value is -0.770. The molecule has 0 atom stereocenters. The number of carbonyl (C=O) groups is 1. The van der Waals surface area contributed by atoms with Crippen LogP contribution in [0.5, 0.6) is 0 Å². The molecule has 0 aromatic heterocycles. The molecule has 0 aromatic carbocycles. The summed E-state index contributed by atoms with van der Waals surface area (Å²) in [6.07, 6.45) is 1.79. The molecular formula is C9H18N2O2. The Kier molecular flexibility index (Phi) is 3.14. The van der Waals surface area contributed by atoms with Crippen molar-refractivity contribution >= 4 is 6.03 Å². The van der Waals surface area contributed by atoms with Crippen LogP contribution in [0.25, 0.3) is 0 Å². The van der Waals surface area contributed by atoms with Crippen LogP contribution in [0.15, 0.2) is 0 Å². The fourth-order valence-electron chi connectivity index (χ4n) is 1.32. The molecule has 1 fully saturated rings. The average Bonchev–Trinajstić information content (AvgIpc) is 2.04. The van der Waals surface area contributed by atoms with Crippen LogP contribution in [0.1, 0.15) is 19.8 Å². The number of amides is 2. The monoisotopic (exact) mass is 186 g/mol. The van der Waals surface area contributed by atoms with Crippen molar-refractivity contribution in [2.75, 3.05) is 27.3 Å². The molecule has 1 saturated heterocycles. The zero-order chi connectivity index (χ0) is 9.90. The van der Waals surface area contributed by atoms with E-state index in [1.807, 2.05) is 0 Å². The fraction of sp³-hybridized carbons (Fsp3) is 0.889. The third-order valence-corrected chi connectivity index (χ3v) is 2.41. The first-order valence-corrected chi connectivity index (χ1v) is 4.61. The second kappa shape index (κ2) is 3.96. The molecule has 1 rings (SSSR count). The molecule has 1 aliphatic heterocycles. The van der Waals surface area contributed by atoms with Gasteiger partial charge in [0, 0.05) is 32.8 Å². The van der Waals surface area contributed by atoms with E-state index < -0.39 is 0 Å². The van der Waals surface area contributed by atoms with Gasteiger partial charge >= 0.3 is 6.03 Å². The Bertz CT molecular complexity index is 186. The van der Waals surface area contributed by atoms with Gasteiger partial charge in [0.25, 0.3) is 0 Å². The first-order valence-electron chi connectivity index (χ1n) is 4.61. The lowest BCUT2D eigenvalue weighted by Gasteiger charge is -2.35. The van der Waals surface area contributed by atoms with Gasteiger partial charge in [-0.1, -0.05) is 0 Å². The van der Waals surface area contributed by atoms with Crippen LogP contribution in [-0.4, -0.2) is 43.8 Å². The van der Waals surface area contributed by atoms with Crippen molar-refractivity contribution in [1.82, 2.24) is 10.2 Å². The van der Waals surface area contributed by atoms with Crippen molar-refractivity contribution in [3.63, 3.8) is 0 Å². The summed E-state index contributed by atoms with van der Waals surface area (Å²) >= 11 is 0. The Labute approximate surface area is 79.2 Å². The van der Waals surface area contributed by atoms with Crippen LogP contribution in [0.3, 0.4) is 0 Å². The molecule has 4 heteroatoms. The van der Waals surface area contributed by atoms with E-state index >= 15 is 0 Å². The van der Waals surface area contributed by atoms with Gasteiger partial charge in [-0.3, -0.25) is 0 Å². The first kappa shape index (κ1) is 10.3. The van der Waals surface area contributed by atoms with Crippen LogP contribution in [0.2, 0.25) is 0 Å². The molecule has 2 amide bonds. The Morgan fingerprint density at radius 3 is 2.38 bits per heavy atom. The minimum atomic E-state index is -0.0837. The van der Waals surface area contributed by atoms with Crippen LogP contribution in [0, 0.1) is 0 Å². The quantitative estimate of drug-likeness (QED) is 0.659. The van der Waals surface area contributed by atoms with Gasteiger partial charge in [-0.15, -0.1) is 0 Å². The number of nitrogens with one attached hydrogen (secondary N) is 1. The highest BCUT2D eigenvalue weighted by atomic mass is 16.5. The maximum atomic E-state index is 11.4. The predicted octanol–water partition coefficient (Wildman–Crippen LogP) is 0.827. The third-order valence-electron chi connectivity index (χ3n) is 2.41. The van der Waals surface area contributed by atoms with Gasteiger partial charge in [0.1, 0.15) is 0 Å². The van der Waals surface area contributed by atoms with Crippen molar-refractivity contribution < 1.29 is 9.53 Å². The highest BCUT2D eigenvalue weighted by molar-refractivity contribution is 5.74. The molecule has 1 heterocycles. The zero-order valence-electron chi connectivity index (χ0n) is 8.59. The van der Waals surface area contributed by atoms with Gasteiger partial charge in [-0.2, -0.15) is 0 Å². The van der Waals surface area contributed by atoms with Crippen molar-refractivity contribution in [1.29, 1.82) is 0 Å². The topological polar surface area (TPSA) is 41.6 Å². The normalized spacial score (nSPS) is 20.8. The number of carbonyl (C=O) groups excluding carboxylic acids is 1. The smallest absolute Gasteiger partial charge is 0.317 e. The largest absolute Gasteiger partial charge is 0.381 e. The summed E-state index contributed by atoms with van der Waals surface area (Å²) in [4.78, 5) is 12.9. The summed E-state index contributed by atoms with van der Waals surface area (Å²) in [5, 5.41) is 3.00. The summed E-state index contributed by atoms with van der Waals surface area (Å²) in [7, 11) is 3.50. The van der Waals surface area contributed by atoms with Crippen molar-refractivity contribution in [3.8, 4) is 0 Å². The minimum absolute atomic E-state index is 0.0237. The molecule has 0 bridgehead atoms. The van der Waals surface area contributed by atoms with E-state index in [2.05, 4.69) is 12.2 Å². The SMILES string of the molecule is CN(C)C(=O)NC1(C)CCOCC1. The number of hydrogen-bond acceptors (Lipinski definition) is 2. The summed E-state index contributed by atoms with van der Waals surface area (Å²) in [6, 6.07) is -0.0237. The molecule has 0 radical (unpaired) electrons. The molecular weight excluding hydrogens is 168 g/mol. The standard InChI is InChI=1S/C9H18N2O2/c1-9(4-6-13-7-5-9)10-8(12)11(2)3/h4-7H2,1-3H3,(H,10,12). The zero-order valence-corrected chi connectivity index (χ0v) is 8.59. The maximum Gasteiger partial charge on any atom is 0.317 e. The van der Waals surface area contributed by atoms with Crippen LogP contribution in [0.4, 0.5) is 4.79 Å². The molecule has 76 valence electrons. The second-order valence-corrected chi connectivity index (χ2v) is 4.00. The van der Waals surface area contributed by atoms with Gasteiger partial charge in [0.05, 0.1) is 0 Å². The number of nitrogens with zero attached hydrogens (tertiary/aromatic N) is 1. The van der Waals surface area contributed by atoms with Crippen molar-refractivity contribution in [3.05, 3.63) is 0 Å². The van der Waals surface area contributed by atoms with Gasteiger partial charge in [-0.25, -0.2) is 4.79 Å². The highest BCUT2D eigenvalue weighted by Crippen LogP contribution is 2.19. The molecule has 0 aromatic rings. The maximum absolute atomic E-state index is 11.4. The Balaban J connectivity index is 2.45. The Morgan fingerprint density at radius 2 is 1.92 bits per heavy atom. The molecule has 1 aliphatic rings. The van der Waals surface area contributed by atoms with E-state index in [-0.39, 0.29) is 11.6 Å². The number of ether oxygens (including phenoxy) is 1. The highest BCUT2D eigenvalue weighted by Gasteiger charge is 2.29. The van der Waals surface area contributed by atoms with Crippen LogP contribution < -0.4 is 5.32 Å². The van der Waals surface area contributed by atoms with Gasteiger partial charge in [0.2, 0.25) is 0 Å². The minimum Gasteiger partial charge on any atom is -0.381 e. The van der Waals surface area contributed by atoms with Crippen molar-refractivity contribution in [2.24, 2.45) is 0 Å². The molecule has 13 heavy (non-hydrogen) atoms. The van der Waals surface area contributed by atoms with E-state index in [0.717, 1.165) is 26.1 Å². The van der Waals surface area contributed by atoms with Crippen molar-refractivity contribution in [2.45, 2.75) is 25.3 Å². The molecule has 0 saturated carbocycles. The van der Waals surface area contributed by atoms with Gasteiger partial charge in [0.15, 0.2) is 0 Å². The summed E-state index contributed by atoms with van der Waals surface area (Å²) in [5.74, 6) is 0. The van der Waals surface area contributed by atoms with Gasteiger partial charge in [-0.05, 0) is 19.8 Å². The lowest BCUT2D eigenvalue weighted by atomic mass is 9.93. The molecule has 0 unspecified atom stereocenters. The number of rotatable bonds is 1. The van der Waals surface area contributed by atoms with E-state index in [1.54, 1.807) is 19.0 Å². The first-order chi connectivity index (χ1) is 6.03. The van der Waals surface area contributed by atoms with E-state index in [0.29, 0.717) is 0 Å². The van der Waals surface area contributed by atoms with E-state index in [4.69, 9.17) is 4.74 Å². The van der Waals surface area contributed by atoms with E-state index in [1.165, 1.54) is 0 Å². The molecule has 0 aliphatic carbocycles. The average molecular weight is 186 g/mol. The van der Waals surface area contributed by atoms with Gasteiger partial charge < -0.3 is 15.0 Å². The Morgan fingerprint density at radius 1 is 1.38 bits per heavy atom. The lowest BCUT2D eigenvalue weighted by Crippen LogP contribution is -2.52. The third kappa shape index (κ3) is 2.88. The predicted molar refractivity (Wildman–Crippen MR) is 50.7 cm³/mol. The molecule has 1 N–H and O–H groups in total. The number of hydrogen-bond donors (Lipinski definition) is 1. The summed E-state index contributed by atoms with van der Waals surface area (Å²) in [5.41, 5.74) is -0.0837. The van der Waals surface area contributed by atoms with Crippen LogP contribution in [-0.2, 0) is 4.74 Å². The number of urea groups is 1. The fourth-order valence-corrected chi connectivity index (χ4v) is 1.32. The van der Waals surface area contributed by atoms with E-state index in [9.17, 15) is 4.79 Å². The molecule has 0 spiro atoms.